The molecule has 1 rings (SSSR count). The summed E-state index contributed by atoms with van der Waals surface area (Å²) in [5.41, 5.74) is -1.53. The molecule has 0 aliphatic carbocycles. The predicted molar refractivity (Wildman–Crippen MR) is 57.1 cm³/mol. The molecule has 0 spiro atoms. The van der Waals surface area contributed by atoms with Crippen LogP contribution >= 0.6 is 11.6 Å². The average Bonchev–Trinajstić information content (AvgIpc) is 2.26. The Kier molecular flexibility index (Phi) is 4.19. The summed E-state index contributed by atoms with van der Waals surface area (Å²) in [7, 11) is 0. The number of halogens is 4. The monoisotopic (exact) mass is 277 g/mol. The standard InChI is InChI=1S/C11H7ClF3NO2/c12-4-7-1-6(3-10(17)18)9(11(13,14)15)2-8(7)5-16/h1-2H,3-4H2,(H,17,18). The fourth-order valence-electron chi connectivity index (χ4n) is 1.48. The molecule has 3 nitrogen and oxygen atoms in total. The maximum absolute atomic E-state index is 12.7. The largest absolute Gasteiger partial charge is 0.481 e. The van der Waals surface area contributed by atoms with Crippen molar-refractivity contribution in [1.29, 1.82) is 5.26 Å². The summed E-state index contributed by atoms with van der Waals surface area (Å²) in [4.78, 5) is 10.5. The summed E-state index contributed by atoms with van der Waals surface area (Å²) in [5.74, 6) is -1.54. The van der Waals surface area contributed by atoms with E-state index in [2.05, 4.69) is 0 Å². The minimum absolute atomic E-state index is 0.159. The Labute approximate surface area is 105 Å². The smallest absolute Gasteiger partial charge is 0.416 e. The molecule has 1 N–H and O–H groups in total. The van der Waals surface area contributed by atoms with Gasteiger partial charge in [0.1, 0.15) is 0 Å². The van der Waals surface area contributed by atoms with Crippen LogP contribution in [0.25, 0.3) is 0 Å². The lowest BCUT2D eigenvalue weighted by atomic mass is 9.97. The molecule has 0 saturated heterocycles. The van der Waals surface area contributed by atoms with Crippen LogP contribution in [0.3, 0.4) is 0 Å². The van der Waals surface area contributed by atoms with Gasteiger partial charge in [-0.1, -0.05) is 6.07 Å². The molecular weight excluding hydrogens is 271 g/mol. The third-order valence-corrected chi connectivity index (χ3v) is 2.53. The van der Waals surface area contributed by atoms with Gasteiger partial charge in [-0.25, -0.2) is 0 Å². The van der Waals surface area contributed by atoms with Gasteiger partial charge in [0.05, 0.1) is 23.6 Å². The number of hydrogen-bond donors (Lipinski definition) is 1. The van der Waals surface area contributed by atoms with Crippen LogP contribution in [-0.2, 0) is 23.3 Å². The summed E-state index contributed by atoms with van der Waals surface area (Å²) >= 11 is 5.51. The van der Waals surface area contributed by atoms with Gasteiger partial charge in [-0.15, -0.1) is 11.6 Å². The van der Waals surface area contributed by atoms with Crippen LogP contribution in [0.15, 0.2) is 12.1 Å². The van der Waals surface area contributed by atoms with Crippen molar-refractivity contribution >= 4 is 17.6 Å². The average molecular weight is 278 g/mol. The molecule has 0 bridgehead atoms. The minimum Gasteiger partial charge on any atom is -0.481 e. The third-order valence-electron chi connectivity index (χ3n) is 2.24. The predicted octanol–water partition coefficient (Wildman–Crippen LogP) is 2.94. The molecule has 0 radical (unpaired) electrons. The van der Waals surface area contributed by atoms with Crippen LogP contribution in [0, 0.1) is 11.3 Å². The van der Waals surface area contributed by atoms with Crippen LogP contribution in [-0.4, -0.2) is 11.1 Å². The van der Waals surface area contributed by atoms with Crippen LogP contribution in [0.2, 0.25) is 0 Å². The molecule has 1 aromatic carbocycles. The summed E-state index contributed by atoms with van der Waals surface area (Å²) < 4.78 is 38.1. The second kappa shape index (κ2) is 5.27. The first-order valence-corrected chi connectivity index (χ1v) is 5.24. The maximum atomic E-state index is 12.7. The summed E-state index contributed by atoms with van der Waals surface area (Å²) in [6.07, 6.45) is -5.48. The van der Waals surface area contributed by atoms with Gasteiger partial charge in [0.2, 0.25) is 0 Å². The number of aliphatic carboxylic acids is 1. The van der Waals surface area contributed by atoms with Crippen LogP contribution < -0.4 is 0 Å². The molecule has 0 atom stereocenters. The van der Waals surface area contributed by atoms with Crippen LogP contribution in [0.1, 0.15) is 22.3 Å². The number of nitriles is 1. The maximum Gasteiger partial charge on any atom is 0.416 e. The lowest BCUT2D eigenvalue weighted by Crippen LogP contribution is -2.13. The Morgan fingerprint density at radius 2 is 2.00 bits per heavy atom. The van der Waals surface area contributed by atoms with E-state index >= 15 is 0 Å². The zero-order valence-electron chi connectivity index (χ0n) is 8.88. The summed E-state index contributed by atoms with van der Waals surface area (Å²) in [5, 5.41) is 17.3. The summed E-state index contributed by atoms with van der Waals surface area (Å²) in [6.45, 7) is 0. The van der Waals surface area contributed by atoms with E-state index in [1.54, 1.807) is 6.07 Å². The Bertz CT molecular complexity index is 520. The molecule has 0 saturated carbocycles. The van der Waals surface area contributed by atoms with Crippen molar-refractivity contribution in [2.24, 2.45) is 0 Å². The molecule has 96 valence electrons. The highest BCUT2D eigenvalue weighted by Crippen LogP contribution is 2.34. The Morgan fingerprint density at radius 3 is 2.39 bits per heavy atom. The molecule has 0 aromatic heterocycles. The Hall–Kier alpha value is -1.74. The number of hydrogen-bond acceptors (Lipinski definition) is 2. The third kappa shape index (κ3) is 3.14. The van der Waals surface area contributed by atoms with E-state index in [4.69, 9.17) is 22.0 Å². The van der Waals surface area contributed by atoms with E-state index in [0.717, 1.165) is 6.07 Å². The van der Waals surface area contributed by atoms with Crippen LogP contribution in [0.4, 0.5) is 13.2 Å². The second-order valence-electron chi connectivity index (χ2n) is 3.48. The molecule has 0 heterocycles. The second-order valence-corrected chi connectivity index (χ2v) is 3.75. The van der Waals surface area contributed by atoms with Gasteiger partial charge in [-0.05, 0) is 17.2 Å². The molecule has 18 heavy (non-hydrogen) atoms. The van der Waals surface area contributed by atoms with Gasteiger partial charge in [-0.2, -0.15) is 18.4 Å². The molecule has 1 aromatic rings. The van der Waals surface area contributed by atoms with Gasteiger partial charge in [0.15, 0.2) is 0 Å². The molecular formula is C11H7ClF3NO2. The zero-order valence-corrected chi connectivity index (χ0v) is 9.64. The molecule has 0 aliphatic rings. The van der Waals surface area contributed by atoms with E-state index in [0.29, 0.717) is 6.07 Å². The van der Waals surface area contributed by atoms with Crippen molar-refractivity contribution in [3.63, 3.8) is 0 Å². The first-order valence-electron chi connectivity index (χ1n) is 4.70. The number of benzene rings is 1. The van der Waals surface area contributed by atoms with Crippen molar-refractivity contribution in [2.45, 2.75) is 18.5 Å². The highest BCUT2D eigenvalue weighted by molar-refractivity contribution is 6.17. The van der Waals surface area contributed by atoms with E-state index in [-0.39, 0.29) is 17.0 Å². The molecule has 7 heteroatoms. The molecule has 0 aliphatic heterocycles. The van der Waals surface area contributed by atoms with Crippen molar-refractivity contribution < 1.29 is 23.1 Å². The SMILES string of the molecule is N#Cc1cc(C(F)(F)F)c(CC(=O)O)cc1CCl. The highest BCUT2D eigenvalue weighted by atomic mass is 35.5. The van der Waals surface area contributed by atoms with Gasteiger partial charge in [0, 0.05) is 5.88 Å². The van der Waals surface area contributed by atoms with E-state index in [1.165, 1.54) is 0 Å². The number of carboxylic acid groups (broad SMARTS) is 1. The van der Waals surface area contributed by atoms with E-state index in [9.17, 15) is 18.0 Å². The van der Waals surface area contributed by atoms with Gasteiger partial charge in [-0.3, -0.25) is 4.79 Å². The molecule has 0 fully saturated rings. The number of carboxylic acids is 1. The first kappa shape index (κ1) is 14.3. The van der Waals surface area contributed by atoms with Gasteiger partial charge >= 0.3 is 12.1 Å². The van der Waals surface area contributed by atoms with Crippen molar-refractivity contribution in [3.05, 3.63) is 34.4 Å². The fraction of sp³-hybridized carbons (Fsp3) is 0.273. The topological polar surface area (TPSA) is 61.1 Å². The quantitative estimate of drug-likeness (QED) is 0.864. The summed E-state index contributed by atoms with van der Waals surface area (Å²) in [6, 6.07) is 3.26. The molecule has 0 amide bonds. The first-order chi connectivity index (χ1) is 8.29. The number of alkyl halides is 4. The molecule has 0 unspecified atom stereocenters. The van der Waals surface area contributed by atoms with Gasteiger partial charge in [0.25, 0.3) is 0 Å². The normalized spacial score (nSPS) is 11.1. The zero-order chi connectivity index (χ0) is 13.9. The number of carbonyl (C=O) groups is 1. The fourth-order valence-corrected chi connectivity index (χ4v) is 1.70. The van der Waals surface area contributed by atoms with Gasteiger partial charge < -0.3 is 5.11 Å². The Morgan fingerprint density at radius 1 is 1.39 bits per heavy atom. The van der Waals surface area contributed by atoms with E-state index < -0.39 is 29.7 Å². The van der Waals surface area contributed by atoms with E-state index in [1.807, 2.05) is 0 Å². The number of rotatable bonds is 3. The van der Waals surface area contributed by atoms with Crippen molar-refractivity contribution in [2.75, 3.05) is 0 Å². The van der Waals surface area contributed by atoms with Crippen molar-refractivity contribution in [3.8, 4) is 6.07 Å². The Balaban J connectivity index is 3.47. The minimum atomic E-state index is -4.71. The van der Waals surface area contributed by atoms with Crippen molar-refractivity contribution in [1.82, 2.24) is 0 Å². The highest BCUT2D eigenvalue weighted by Gasteiger charge is 2.34. The van der Waals surface area contributed by atoms with Crippen LogP contribution in [0.5, 0.6) is 0 Å². The lowest BCUT2D eigenvalue weighted by molar-refractivity contribution is -0.139. The lowest BCUT2D eigenvalue weighted by Gasteiger charge is -2.14. The number of nitrogens with zero attached hydrogens (tertiary/aromatic N) is 1.